The van der Waals surface area contributed by atoms with Crippen LogP contribution in [0.15, 0.2) is 48.5 Å². The Morgan fingerprint density at radius 3 is 2.63 bits per heavy atom. The molecule has 0 aliphatic carbocycles. The fourth-order valence-electron chi connectivity index (χ4n) is 2.21. The van der Waals surface area contributed by atoms with Crippen molar-refractivity contribution in [2.75, 3.05) is 10.6 Å². The fourth-order valence-corrected chi connectivity index (χ4v) is 2.21. The van der Waals surface area contributed by atoms with Crippen molar-refractivity contribution in [3.05, 3.63) is 59.9 Å². The Morgan fingerprint density at radius 1 is 1.05 bits per heavy atom. The summed E-state index contributed by atoms with van der Waals surface area (Å²) in [6, 6.07) is 13.7. The number of carbonyl (C=O) groups excluding carboxylic acids is 1. The van der Waals surface area contributed by atoms with Crippen molar-refractivity contribution in [1.29, 1.82) is 0 Å². The highest BCUT2D eigenvalue weighted by Gasteiger charge is 2.25. The van der Waals surface area contributed by atoms with Gasteiger partial charge in [-0.3, -0.25) is 4.79 Å². The Kier molecular flexibility index (Phi) is 2.91. The average molecular weight is 256 g/mol. The molecule has 2 aromatic rings. The van der Waals surface area contributed by atoms with Gasteiger partial charge in [-0.2, -0.15) is 0 Å². The minimum Gasteiger partial charge on any atom is -0.372 e. The zero-order valence-corrected chi connectivity index (χ0v) is 10.2. The van der Waals surface area contributed by atoms with Crippen LogP contribution in [-0.2, 0) is 11.2 Å². The predicted molar refractivity (Wildman–Crippen MR) is 72.6 cm³/mol. The van der Waals surface area contributed by atoms with Gasteiger partial charge in [-0.05, 0) is 23.8 Å². The summed E-state index contributed by atoms with van der Waals surface area (Å²) in [6.45, 7) is 0. The molecule has 1 amide bonds. The lowest BCUT2D eigenvalue weighted by molar-refractivity contribution is -0.117. The predicted octanol–water partition coefficient (Wildman–Crippen LogP) is 2.80. The molecule has 0 saturated carbocycles. The number of hydrogen-bond donors (Lipinski definition) is 2. The highest BCUT2D eigenvalue weighted by molar-refractivity contribution is 6.03. The zero-order chi connectivity index (χ0) is 13.2. The summed E-state index contributed by atoms with van der Waals surface area (Å²) >= 11 is 0. The number of benzene rings is 2. The van der Waals surface area contributed by atoms with Crippen LogP contribution < -0.4 is 10.6 Å². The third-order valence-corrected chi connectivity index (χ3v) is 3.17. The third-order valence-electron chi connectivity index (χ3n) is 3.17. The molecule has 4 heteroatoms. The molecule has 0 aromatic heterocycles. The van der Waals surface area contributed by atoms with Crippen LogP contribution in [0.25, 0.3) is 0 Å². The second-order valence-corrected chi connectivity index (χ2v) is 4.57. The van der Waals surface area contributed by atoms with E-state index in [1.54, 1.807) is 6.07 Å². The van der Waals surface area contributed by atoms with E-state index in [2.05, 4.69) is 10.6 Å². The van der Waals surface area contributed by atoms with Crippen LogP contribution in [0, 0.1) is 5.82 Å². The molecule has 2 aromatic carbocycles. The molecule has 0 fully saturated rings. The third kappa shape index (κ3) is 2.42. The Labute approximate surface area is 110 Å². The second kappa shape index (κ2) is 4.72. The van der Waals surface area contributed by atoms with Crippen LogP contribution >= 0.6 is 0 Å². The molecule has 0 bridgehead atoms. The van der Waals surface area contributed by atoms with Gasteiger partial charge in [0.2, 0.25) is 5.91 Å². The quantitative estimate of drug-likeness (QED) is 0.867. The summed E-state index contributed by atoms with van der Waals surface area (Å²) < 4.78 is 13.2. The van der Waals surface area contributed by atoms with Gasteiger partial charge in [0.25, 0.3) is 0 Å². The van der Waals surface area contributed by atoms with E-state index in [1.165, 1.54) is 12.1 Å². The maximum Gasteiger partial charge on any atom is 0.247 e. The van der Waals surface area contributed by atoms with Gasteiger partial charge < -0.3 is 10.6 Å². The minimum atomic E-state index is -0.378. The van der Waals surface area contributed by atoms with E-state index < -0.39 is 0 Å². The minimum absolute atomic E-state index is 0.0945. The van der Waals surface area contributed by atoms with Crippen molar-refractivity contribution in [2.45, 2.75) is 12.5 Å². The molecule has 0 spiro atoms. The standard InChI is InChI=1S/C15H13FN2O/c16-11-6-7-12-13(9-11)17-14(15(19)18-12)8-10-4-2-1-3-5-10/h1-7,9,14,17H,8H2,(H,18,19)/t14-/m0/s1. The van der Waals surface area contributed by atoms with Crippen molar-refractivity contribution < 1.29 is 9.18 Å². The molecule has 0 unspecified atom stereocenters. The van der Waals surface area contributed by atoms with Crippen molar-refractivity contribution in [3.63, 3.8) is 0 Å². The van der Waals surface area contributed by atoms with E-state index in [9.17, 15) is 9.18 Å². The Morgan fingerprint density at radius 2 is 1.84 bits per heavy atom. The molecule has 96 valence electrons. The van der Waals surface area contributed by atoms with E-state index in [0.717, 1.165) is 5.56 Å². The number of fused-ring (bicyclic) bond motifs is 1. The van der Waals surface area contributed by atoms with Crippen LogP contribution in [0.4, 0.5) is 15.8 Å². The Bertz CT molecular complexity index is 613. The first-order valence-corrected chi connectivity index (χ1v) is 6.13. The molecule has 1 atom stereocenters. The molecule has 1 aliphatic rings. The summed E-state index contributed by atoms with van der Waals surface area (Å²) in [5.41, 5.74) is 2.31. The van der Waals surface area contributed by atoms with Crippen LogP contribution in [0.1, 0.15) is 5.56 Å². The molecule has 1 heterocycles. The number of rotatable bonds is 2. The van der Waals surface area contributed by atoms with Crippen molar-refractivity contribution >= 4 is 17.3 Å². The van der Waals surface area contributed by atoms with Crippen LogP contribution in [-0.4, -0.2) is 11.9 Å². The van der Waals surface area contributed by atoms with Gasteiger partial charge in [-0.15, -0.1) is 0 Å². The fraction of sp³-hybridized carbons (Fsp3) is 0.133. The van der Waals surface area contributed by atoms with Gasteiger partial charge in [-0.1, -0.05) is 30.3 Å². The molecule has 1 aliphatic heterocycles. The number of halogens is 1. The first-order chi connectivity index (χ1) is 9.22. The number of nitrogens with one attached hydrogen (secondary N) is 2. The highest BCUT2D eigenvalue weighted by Crippen LogP contribution is 2.28. The maximum absolute atomic E-state index is 13.2. The van der Waals surface area contributed by atoms with E-state index in [1.807, 2.05) is 30.3 Å². The van der Waals surface area contributed by atoms with Gasteiger partial charge in [0.1, 0.15) is 11.9 Å². The largest absolute Gasteiger partial charge is 0.372 e. The topological polar surface area (TPSA) is 41.1 Å². The van der Waals surface area contributed by atoms with Crippen molar-refractivity contribution in [1.82, 2.24) is 0 Å². The van der Waals surface area contributed by atoms with Crippen LogP contribution in [0.5, 0.6) is 0 Å². The molecular formula is C15H13FN2O. The lowest BCUT2D eigenvalue weighted by Crippen LogP contribution is -2.40. The van der Waals surface area contributed by atoms with E-state index >= 15 is 0 Å². The van der Waals surface area contributed by atoms with E-state index in [-0.39, 0.29) is 17.8 Å². The summed E-state index contributed by atoms with van der Waals surface area (Å²) in [6.07, 6.45) is 0.572. The van der Waals surface area contributed by atoms with Crippen LogP contribution in [0.3, 0.4) is 0 Å². The van der Waals surface area contributed by atoms with Gasteiger partial charge in [0.05, 0.1) is 11.4 Å². The first kappa shape index (κ1) is 11.7. The lowest BCUT2D eigenvalue weighted by Gasteiger charge is -2.26. The molecule has 0 saturated heterocycles. The van der Waals surface area contributed by atoms with E-state index in [0.29, 0.717) is 17.8 Å². The number of hydrogen-bond acceptors (Lipinski definition) is 2. The number of amides is 1. The van der Waals surface area contributed by atoms with Crippen molar-refractivity contribution in [3.8, 4) is 0 Å². The molecule has 0 radical (unpaired) electrons. The average Bonchev–Trinajstić information content (AvgIpc) is 2.41. The number of carbonyl (C=O) groups is 1. The monoisotopic (exact) mass is 256 g/mol. The molecule has 19 heavy (non-hydrogen) atoms. The summed E-state index contributed by atoms with van der Waals surface area (Å²) in [7, 11) is 0. The van der Waals surface area contributed by atoms with Crippen molar-refractivity contribution in [2.24, 2.45) is 0 Å². The number of anilines is 2. The highest BCUT2D eigenvalue weighted by atomic mass is 19.1. The zero-order valence-electron chi connectivity index (χ0n) is 10.2. The normalized spacial score (nSPS) is 17.3. The molecule has 2 N–H and O–H groups in total. The summed E-state index contributed by atoms with van der Waals surface area (Å²) in [5.74, 6) is -0.413. The van der Waals surface area contributed by atoms with E-state index in [4.69, 9.17) is 0 Å². The smallest absolute Gasteiger partial charge is 0.247 e. The molecular weight excluding hydrogens is 243 g/mol. The molecule has 3 rings (SSSR count). The van der Waals surface area contributed by atoms with Gasteiger partial charge in [0.15, 0.2) is 0 Å². The summed E-state index contributed by atoms with van der Waals surface area (Å²) in [4.78, 5) is 12.0. The van der Waals surface area contributed by atoms with Gasteiger partial charge in [-0.25, -0.2) is 4.39 Å². The SMILES string of the molecule is O=C1Nc2ccc(F)cc2N[C@H]1Cc1ccccc1. The van der Waals surface area contributed by atoms with Crippen LogP contribution in [0.2, 0.25) is 0 Å². The first-order valence-electron chi connectivity index (χ1n) is 6.13. The second-order valence-electron chi connectivity index (χ2n) is 4.57. The lowest BCUT2D eigenvalue weighted by atomic mass is 10.0. The Balaban J connectivity index is 1.83. The van der Waals surface area contributed by atoms with Gasteiger partial charge in [0, 0.05) is 6.42 Å². The van der Waals surface area contributed by atoms with Gasteiger partial charge >= 0.3 is 0 Å². The summed E-state index contributed by atoms with van der Waals surface area (Å²) in [5, 5.41) is 5.87. The Hall–Kier alpha value is -2.36. The maximum atomic E-state index is 13.2. The molecule has 3 nitrogen and oxygen atoms in total.